The summed E-state index contributed by atoms with van der Waals surface area (Å²) < 4.78 is 5.34. The number of carboxylic acid groups (broad SMARTS) is 1. The Morgan fingerprint density at radius 3 is 2.69 bits per heavy atom. The molecule has 0 spiro atoms. The third-order valence-corrected chi connectivity index (χ3v) is 6.03. The number of aromatic hydroxyl groups is 1. The van der Waals surface area contributed by atoms with E-state index in [1.165, 1.54) is 25.3 Å². The minimum Gasteiger partial charge on any atom is -0.507 e. The average Bonchev–Trinajstić information content (AvgIpc) is 2.96. The van der Waals surface area contributed by atoms with Crippen molar-refractivity contribution in [1.82, 2.24) is 15.5 Å². The molecule has 0 saturated carbocycles. The third kappa shape index (κ3) is 5.83. The van der Waals surface area contributed by atoms with Crippen molar-refractivity contribution >= 4 is 35.4 Å². The number of carbonyl (C=O) groups excluding carboxylic acids is 3. The summed E-state index contributed by atoms with van der Waals surface area (Å²) in [6.07, 6.45) is 0.463. The Kier molecular flexibility index (Phi) is 8.18. The number of phenols is 1. The van der Waals surface area contributed by atoms with Gasteiger partial charge in [0.25, 0.3) is 0 Å². The number of imide groups is 1. The molecule has 0 aliphatic carbocycles. The first kappa shape index (κ1) is 25.8. The van der Waals surface area contributed by atoms with Gasteiger partial charge in [0.1, 0.15) is 23.6 Å². The van der Waals surface area contributed by atoms with Crippen LogP contribution in [0.4, 0.5) is 4.79 Å². The molecule has 4 amide bonds. The summed E-state index contributed by atoms with van der Waals surface area (Å²) in [4.78, 5) is 50.9. The van der Waals surface area contributed by atoms with Gasteiger partial charge in [0, 0.05) is 17.1 Å². The predicted molar refractivity (Wildman–Crippen MR) is 127 cm³/mol. The van der Waals surface area contributed by atoms with Crippen LogP contribution in [0.5, 0.6) is 11.5 Å². The van der Waals surface area contributed by atoms with Gasteiger partial charge in [0.2, 0.25) is 11.8 Å². The highest BCUT2D eigenvalue weighted by Gasteiger charge is 2.35. The lowest BCUT2D eigenvalue weighted by atomic mass is 9.97. The van der Waals surface area contributed by atoms with E-state index in [-0.39, 0.29) is 24.1 Å². The lowest BCUT2D eigenvalue weighted by Crippen LogP contribution is -2.48. The number of benzene rings is 2. The van der Waals surface area contributed by atoms with Crippen LogP contribution in [0, 0.1) is 5.92 Å². The summed E-state index contributed by atoms with van der Waals surface area (Å²) in [7, 11) is 1.49. The minimum atomic E-state index is -1.32. The zero-order valence-electron chi connectivity index (χ0n) is 19.2. The molecule has 35 heavy (non-hydrogen) atoms. The second kappa shape index (κ2) is 11.1. The van der Waals surface area contributed by atoms with Gasteiger partial charge >= 0.3 is 12.0 Å². The van der Waals surface area contributed by atoms with Crippen molar-refractivity contribution in [3.05, 3.63) is 58.1 Å². The van der Waals surface area contributed by atoms with Crippen LogP contribution >= 0.6 is 11.6 Å². The maximum atomic E-state index is 13.3. The molecule has 0 bridgehead atoms. The molecule has 2 atom stereocenters. The molecule has 2 aromatic rings. The highest BCUT2D eigenvalue weighted by molar-refractivity contribution is 6.30. The number of halogens is 1. The van der Waals surface area contributed by atoms with Gasteiger partial charge in [-0.05, 0) is 42.7 Å². The fourth-order valence-electron chi connectivity index (χ4n) is 3.97. The van der Waals surface area contributed by atoms with Crippen molar-refractivity contribution in [2.75, 3.05) is 20.2 Å². The number of aromatic carboxylic acids is 1. The average molecular weight is 504 g/mol. The standard InChI is InChI=1S/C24H26ClN3O7/c1-3-18(16-5-4-6-17(21(16)30)23(32)33)27-24(34)28-12-20(29)26-11-14(22(28)31)9-13-10-15(25)7-8-19(13)35-2/h4-8,10,14,18,30H,3,9,11-12H2,1-2H3,(H,26,29)(H,27,34)(H,32,33)/t14-,18-/m1/s1. The van der Waals surface area contributed by atoms with Gasteiger partial charge in [-0.3, -0.25) is 14.5 Å². The van der Waals surface area contributed by atoms with E-state index in [2.05, 4.69) is 10.6 Å². The van der Waals surface area contributed by atoms with Crippen molar-refractivity contribution in [1.29, 1.82) is 0 Å². The Hall–Kier alpha value is -3.79. The van der Waals surface area contributed by atoms with Crippen LogP contribution in [-0.4, -0.2) is 59.1 Å². The van der Waals surface area contributed by atoms with Gasteiger partial charge in [0.05, 0.1) is 19.1 Å². The molecule has 0 unspecified atom stereocenters. The number of nitrogens with zero attached hydrogens (tertiary/aromatic N) is 1. The highest BCUT2D eigenvalue weighted by atomic mass is 35.5. The van der Waals surface area contributed by atoms with Gasteiger partial charge in [-0.2, -0.15) is 0 Å². The lowest BCUT2D eigenvalue weighted by Gasteiger charge is -2.26. The summed E-state index contributed by atoms with van der Waals surface area (Å²) in [6, 6.07) is 7.54. The molecule has 1 aliphatic heterocycles. The number of ether oxygens (including phenoxy) is 1. The number of hydrogen-bond acceptors (Lipinski definition) is 6. The van der Waals surface area contributed by atoms with E-state index in [1.54, 1.807) is 25.1 Å². The molecular formula is C24H26ClN3O7. The summed E-state index contributed by atoms with van der Waals surface area (Å²) in [6.45, 7) is 1.27. The second-order valence-electron chi connectivity index (χ2n) is 8.04. The number of carboxylic acids is 1. The fourth-order valence-corrected chi connectivity index (χ4v) is 4.16. The van der Waals surface area contributed by atoms with Crippen LogP contribution in [0.3, 0.4) is 0 Å². The first-order valence-electron chi connectivity index (χ1n) is 10.9. The smallest absolute Gasteiger partial charge is 0.339 e. The molecule has 186 valence electrons. The molecule has 10 nitrogen and oxygen atoms in total. The number of methoxy groups -OCH3 is 1. The van der Waals surface area contributed by atoms with Gasteiger partial charge in [-0.25, -0.2) is 9.59 Å². The normalized spacial score (nSPS) is 16.8. The van der Waals surface area contributed by atoms with Gasteiger partial charge in [0.15, 0.2) is 0 Å². The molecule has 0 aromatic heterocycles. The number of hydrogen-bond donors (Lipinski definition) is 4. The summed E-state index contributed by atoms with van der Waals surface area (Å²) >= 11 is 6.10. The maximum absolute atomic E-state index is 13.3. The molecule has 1 saturated heterocycles. The highest BCUT2D eigenvalue weighted by Crippen LogP contribution is 2.30. The van der Waals surface area contributed by atoms with Crippen molar-refractivity contribution in [2.24, 2.45) is 5.92 Å². The van der Waals surface area contributed by atoms with E-state index >= 15 is 0 Å². The molecule has 1 heterocycles. The zero-order valence-corrected chi connectivity index (χ0v) is 20.0. The number of urea groups is 1. The number of carbonyl (C=O) groups is 4. The first-order valence-corrected chi connectivity index (χ1v) is 11.3. The molecule has 11 heteroatoms. The van der Waals surface area contributed by atoms with Crippen molar-refractivity contribution in [3.8, 4) is 11.5 Å². The SMILES string of the molecule is CC[C@@H](NC(=O)N1CC(=O)NC[C@@H](Cc2cc(Cl)ccc2OC)C1=O)c1cccc(C(=O)O)c1O. The van der Waals surface area contributed by atoms with Crippen molar-refractivity contribution in [2.45, 2.75) is 25.8 Å². The monoisotopic (exact) mass is 503 g/mol. The Morgan fingerprint density at radius 2 is 2.03 bits per heavy atom. The Morgan fingerprint density at radius 1 is 1.29 bits per heavy atom. The largest absolute Gasteiger partial charge is 0.507 e. The summed E-state index contributed by atoms with van der Waals surface area (Å²) in [5.74, 6) is -3.10. The van der Waals surface area contributed by atoms with Crippen molar-refractivity contribution in [3.63, 3.8) is 0 Å². The van der Waals surface area contributed by atoms with E-state index < -0.39 is 48.1 Å². The molecule has 1 fully saturated rings. The third-order valence-electron chi connectivity index (χ3n) is 5.80. The number of rotatable bonds is 7. The van der Waals surface area contributed by atoms with E-state index in [9.17, 15) is 29.4 Å². The van der Waals surface area contributed by atoms with E-state index in [0.717, 1.165) is 4.90 Å². The molecule has 2 aromatic carbocycles. The van der Waals surface area contributed by atoms with Crippen LogP contribution in [-0.2, 0) is 16.0 Å². The predicted octanol–water partition coefficient (Wildman–Crippen LogP) is 2.73. The van der Waals surface area contributed by atoms with Crippen LogP contribution in [0.25, 0.3) is 0 Å². The van der Waals surface area contributed by atoms with E-state index in [0.29, 0.717) is 22.8 Å². The van der Waals surface area contributed by atoms with Gasteiger partial charge in [-0.15, -0.1) is 0 Å². The number of nitrogens with one attached hydrogen (secondary N) is 2. The molecule has 4 N–H and O–H groups in total. The Balaban J connectivity index is 1.84. The van der Waals surface area contributed by atoms with Gasteiger partial charge in [-0.1, -0.05) is 30.7 Å². The Labute approximate surface area is 206 Å². The van der Waals surface area contributed by atoms with Crippen LogP contribution in [0.15, 0.2) is 36.4 Å². The maximum Gasteiger partial charge on any atom is 0.339 e. The molecule has 0 radical (unpaired) electrons. The fraction of sp³-hybridized carbons (Fsp3) is 0.333. The zero-order chi connectivity index (χ0) is 25.7. The molecule has 1 aliphatic rings. The Bertz CT molecular complexity index is 1150. The van der Waals surface area contributed by atoms with Crippen LogP contribution in [0.1, 0.15) is 40.9 Å². The summed E-state index contributed by atoms with van der Waals surface area (Å²) in [5, 5.41) is 25.4. The second-order valence-corrected chi connectivity index (χ2v) is 8.48. The van der Waals surface area contributed by atoms with Crippen LogP contribution < -0.4 is 15.4 Å². The minimum absolute atomic E-state index is 0.0236. The molecule has 3 rings (SSSR count). The number of para-hydroxylation sites is 1. The molecular weight excluding hydrogens is 478 g/mol. The first-order chi connectivity index (χ1) is 16.7. The van der Waals surface area contributed by atoms with Gasteiger partial charge < -0.3 is 25.6 Å². The lowest BCUT2D eigenvalue weighted by molar-refractivity contribution is -0.133. The quantitative estimate of drug-likeness (QED) is 0.454. The van der Waals surface area contributed by atoms with Crippen LogP contribution in [0.2, 0.25) is 5.02 Å². The number of amides is 4. The van der Waals surface area contributed by atoms with Crippen molar-refractivity contribution < 1.29 is 34.1 Å². The summed E-state index contributed by atoms with van der Waals surface area (Å²) in [5.41, 5.74) is 0.528. The van der Waals surface area contributed by atoms with E-state index in [4.69, 9.17) is 16.3 Å². The topological polar surface area (TPSA) is 145 Å². The van der Waals surface area contributed by atoms with E-state index in [1.807, 2.05) is 0 Å².